The van der Waals surface area contributed by atoms with Gasteiger partial charge in [-0.25, -0.2) is 9.97 Å². The lowest BCUT2D eigenvalue weighted by molar-refractivity contribution is -0.136. The first kappa shape index (κ1) is 22.0. The monoisotopic (exact) mass is 432 g/mol. The first-order valence-corrected chi connectivity index (χ1v) is 9.42. The highest BCUT2D eigenvalue weighted by atomic mass is 19.4. The SMILES string of the molecule is CCC(=O)Nc1cc(C(=O)NCCOc2ccc3cccc(C(F)(F)F)c3n2)ccn1. The molecule has 0 saturated carbocycles. The highest BCUT2D eigenvalue weighted by Crippen LogP contribution is 2.34. The molecule has 2 N–H and O–H groups in total. The largest absolute Gasteiger partial charge is 0.476 e. The number of nitrogens with one attached hydrogen (secondary N) is 2. The van der Waals surface area contributed by atoms with Crippen LogP contribution in [-0.4, -0.2) is 34.9 Å². The molecule has 7 nitrogen and oxygen atoms in total. The van der Waals surface area contributed by atoms with Crippen molar-refractivity contribution >= 4 is 28.5 Å². The summed E-state index contributed by atoms with van der Waals surface area (Å²) in [7, 11) is 0. The Bertz CT molecular complexity index is 1100. The van der Waals surface area contributed by atoms with Crippen LogP contribution in [0, 0.1) is 0 Å². The van der Waals surface area contributed by atoms with Gasteiger partial charge in [-0.3, -0.25) is 9.59 Å². The number of carbonyl (C=O) groups is 2. The number of anilines is 1. The van der Waals surface area contributed by atoms with Crippen LogP contribution in [0.4, 0.5) is 19.0 Å². The number of pyridine rings is 2. The molecule has 2 heterocycles. The Balaban J connectivity index is 1.58. The summed E-state index contributed by atoms with van der Waals surface area (Å²) in [6.07, 6.45) is -2.85. The van der Waals surface area contributed by atoms with Crippen LogP contribution in [0.15, 0.2) is 48.7 Å². The van der Waals surface area contributed by atoms with Crippen LogP contribution in [0.5, 0.6) is 5.88 Å². The standard InChI is InChI=1S/C21H19F3N4O3/c1-2-17(29)27-16-12-14(8-9-25-16)20(30)26-10-11-31-18-7-6-13-4-3-5-15(19(13)28-18)21(22,23)24/h3-9,12H,2,10-11H2,1H3,(H,26,30)(H,25,27,29). The number of ether oxygens (including phenoxy) is 1. The molecule has 0 fully saturated rings. The van der Waals surface area contributed by atoms with E-state index in [-0.39, 0.29) is 42.7 Å². The van der Waals surface area contributed by atoms with E-state index in [1.54, 1.807) is 6.92 Å². The van der Waals surface area contributed by atoms with Crippen molar-refractivity contribution in [2.75, 3.05) is 18.5 Å². The van der Waals surface area contributed by atoms with E-state index in [9.17, 15) is 22.8 Å². The lowest BCUT2D eigenvalue weighted by Crippen LogP contribution is -2.28. The number of alkyl halides is 3. The minimum atomic E-state index is -4.53. The molecule has 0 aliphatic rings. The predicted octanol–water partition coefficient (Wildman–Crippen LogP) is 3.81. The average molecular weight is 432 g/mol. The van der Waals surface area contributed by atoms with Gasteiger partial charge >= 0.3 is 6.18 Å². The van der Waals surface area contributed by atoms with E-state index in [0.717, 1.165) is 6.07 Å². The van der Waals surface area contributed by atoms with E-state index < -0.39 is 17.6 Å². The Labute approximate surface area is 175 Å². The summed E-state index contributed by atoms with van der Waals surface area (Å²) in [5, 5.41) is 5.53. The van der Waals surface area contributed by atoms with Crippen molar-refractivity contribution < 1.29 is 27.5 Å². The highest BCUT2D eigenvalue weighted by Gasteiger charge is 2.33. The molecular formula is C21H19F3N4O3. The van der Waals surface area contributed by atoms with Gasteiger partial charge in [0.25, 0.3) is 5.91 Å². The van der Waals surface area contributed by atoms with Crippen molar-refractivity contribution in [2.45, 2.75) is 19.5 Å². The van der Waals surface area contributed by atoms with Crippen LogP contribution in [-0.2, 0) is 11.0 Å². The van der Waals surface area contributed by atoms with Gasteiger partial charge < -0.3 is 15.4 Å². The molecule has 10 heteroatoms. The number of aromatic nitrogens is 2. The lowest BCUT2D eigenvalue weighted by Gasteiger charge is -2.11. The van der Waals surface area contributed by atoms with Gasteiger partial charge in [-0.05, 0) is 24.3 Å². The molecule has 2 aromatic heterocycles. The van der Waals surface area contributed by atoms with E-state index in [2.05, 4.69) is 20.6 Å². The summed E-state index contributed by atoms with van der Waals surface area (Å²) in [5.74, 6) is -0.359. The summed E-state index contributed by atoms with van der Waals surface area (Å²) < 4.78 is 44.9. The summed E-state index contributed by atoms with van der Waals surface area (Å²) >= 11 is 0. The van der Waals surface area contributed by atoms with Gasteiger partial charge in [0.1, 0.15) is 12.4 Å². The van der Waals surface area contributed by atoms with E-state index in [0.29, 0.717) is 10.9 Å². The number of nitrogens with zero attached hydrogens (tertiary/aromatic N) is 2. The number of hydrogen-bond donors (Lipinski definition) is 2. The van der Waals surface area contributed by atoms with E-state index in [1.165, 1.54) is 42.6 Å². The summed E-state index contributed by atoms with van der Waals surface area (Å²) in [4.78, 5) is 31.6. The second-order valence-electron chi connectivity index (χ2n) is 6.46. The molecule has 0 spiro atoms. The Morgan fingerprint density at radius 1 is 1.13 bits per heavy atom. The average Bonchev–Trinajstić information content (AvgIpc) is 2.75. The fourth-order valence-electron chi connectivity index (χ4n) is 2.73. The number of halogens is 3. The Kier molecular flexibility index (Phi) is 6.68. The molecule has 31 heavy (non-hydrogen) atoms. The van der Waals surface area contributed by atoms with Gasteiger partial charge in [0.05, 0.1) is 17.6 Å². The van der Waals surface area contributed by atoms with Crippen LogP contribution in [0.2, 0.25) is 0 Å². The molecule has 0 bridgehead atoms. The van der Waals surface area contributed by atoms with Crippen LogP contribution >= 0.6 is 0 Å². The molecular weight excluding hydrogens is 413 g/mol. The molecule has 3 rings (SSSR count). The lowest BCUT2D eigenvalue weighted by atomic mass is 10.1. The minimum Gasteiger partial charge on any atom is -0.476 e. The van der Waals surface area contributed by atoms with Crippen LogP contribution in [0.25, 0.3) is 10.9 Å². The van der Waals surface area contributed by atoms with Gasteiger partial charge in [0.15, 0.2) is 0 Å². The fourth-order valence-corrected chi connectivity index (χ4v) is 2.73. The third-order valence-electron chi connectivity index (χ3n) is 4.25. The smallest absolute Gasteiger partial charge is 0.418 e. The number of rotatable bonds is 7. The Morgan fingerprint density at radius 3 is 2.68 bits per heavy atom. The van der Waals surface area contributed by atoms with Crippen molar-refractivity contribution in [3.8, 4) is 5.88 Å². The fraction of sp³-hybridized carbons (Fsp3) is 0.238. The van der Waals surface area contributed by atoms with Crippen LogP contribution < -0.4 is 15.4 Å². The van der Waals surface area contributed by atoms with Gasteiger partial charge in [-0.15, -0.1) is 0 Å². The molecule has 0 radical (unpaired) electrons. The molecule has 0 aliphatic heterocycles. The van der Waals surface area contributed by atoms with E-state index >= 15 is 0 Å². The third kappa shape index (κ3) is 5.68. The van der Waals surface area contributed by atoms with Gasteiger partial charge in [0.2, 0.25) is 11.8 Å². The van der Waals surface area contributed by atoms with Crippen molar-refractivity contribution in [3.63, 3.8) is 0 Å². The summed E-state index contributed by atoms with van der Waals surface area (Å²) in [5.41, 5.74) is -0.748. The van der Waals surface area contributed by atoms with Crippen molar-refractivity contribution in [1.29, 1.82) is 0 Å². The minimum absolute atomic E-state index is 0.00292. The first-order valence-electron chi connectivity index (χ1n) is 9.42. The third-order valence-corrected chi connectivity index (χ3v) is 4.25. The van der Waals surface area contributed by atoms with E-state index in [4.69, 9.17) is 4.74 Å². The number of amides is 2. The highest BCUT2D eigenvalue weighted by molar-refractivity contribution is 5.96. The Morgan fingerprint density at radius 2 is 1.94 bits per heavy atom. The summed E-state index contributed by atoms with van der Waals surface area (Å²) in [6, 6.07) is 9.71. The zero-order valence-electron chi connectivity index (χ0n) is 16.5. The van der Waals surface area contributed by atoms with Gasteiger partial charge in [0, 0.05) is 29.6 Å². The number of fused-ring (bicyclic) bond motifs is 1. The van der Waals surface area contributed by atoms with Crippen molar-refractivity contribution in [1.82, 2.24) is 15.3 Å². The van der Waals surface area contributed by atoms with Crippen molar-refractivity contribution in [3.05, 3.63) is 59.8 Å². The molecule has 3 aromatic rings. The van der Waals surface area contributed by atoms with Crippen LogP contribution in [0.1, 0.15) is 29.3 Å². The molecule has 0 atom stereocenters. The first-order chi connectivity index (χ1) is 14.8. The molecule has 1 aromatic carbocycles. The molecule has 0 saturated heterocycles. The zero-order chi connectivity index (χ0) is 22.4. The van der Waals surface area contributed by atoms with Gasteiger partial charge in [-0.1, -0.05) is 19.1 Å². The molecule has 0 unspecified atom stereocenters. The maximum absolute atomic E-state index is 13.2. The molecule has 0 aliphatic carbocycles. The van der Waals surface area contributed by atoms with Gasteiger partial charge in [-0.2, -0.15) is 13.2 Å². The number of para-hydroxylation sites is 1. The van der Waals surface area contributed by atoms with Crippen molar-refractivity contribution in [2.24, 2.45) is 0 Å². The summed E-state index contributed by atoms with van der Waals surface area (Å²) in [6.45, 7) is 1.79. The second kappa shape index (κ2) is 9.41. The number of hydrogen-bond acceptors (Lipinski definition) is 5. The second-order valence-corrected chi connectivity index (χ2v) is 6.46. The molecule has 2 amide bonds. The maximum Gasteiger partial charge on any atom is 0.418 e. The quantitative estimate of drug-likeness (QED) is 0.554. The number of benzene rings is 1. The maximum atomic E-state index is 13.2. The number of carbonyl (C=O) groups excluding carboxylic acids is 2. The topological polar surface area (TPSA) is 93.2 Å². The Hall–Kier alpha value is -3.69. The normalized spacial score (nSPS) is 11.2. The van der Waals surface area contributed by atoms with E-state index in [1.807, 2.05) is 0 Å². The molecule has 162 valence electrons. The predicted molar refractivity (Wildman–Crippen MR) is 108 cm³/mol. The zero-order valence-corrected chi connectivity index (χ0v) is 16.5. The van der Waals surface area contributed by atoms with Crippen LogP contribution in [0.3, 0.4) is 0 Å².